The number of hydrogen-bond acceptors (Lipinski definition) is 6. The smallest absolute Gasteiger partial charge is 0.269 e. The summed E-state index contributed by atoms with van der Waals surface area (Å²) in [7, 11) is 0. The normalized spacial score (nSPS) is 11.8. The van der Waals surface area contributed by atoms with E-state index in [4.69, 9.17) is 0 Å². The fraction of sp³-hybridized carbons (Fsp3) is 0.135. The fourth-order valence-electron chi connectivity index (χ4n) is 4.37. The minimum atomic E-state index is -0.445. The van der Waals surface area contributed by atoms with Crippen molar-refractivity contribution in [3.8, 4) is 0 Å². The number of benzene rings is 4. The van der Waals surface area contributed by atoms with Crippen molar-refractivity contribution in [1.82, 2.24) is 0 Å². The molecule has 228 valence electrons. The summed E-state index contributed by atoms with van der Waals surface area (Å²) in [4.78, 5) is 50.2. The summed E-state index contributed by atoms with van der Waals surface area (Å²) in [6.45, 7) is 3.89. The molecule has 1 heterocycles. The molecule has 1 aliphatic rings. The molecule has 0 saturated carbocycles. The van der Waals surface area contributed by atoms with Crippen molar-refractivity contribution in [2.75, 3.05) is 5.32 Å². The van der Waals surface area contributed by atoms with E-state index in [-0.39, 0.29) is 24.8 Å². The number of carbonyl (C=O) groups excluding carboxylic acids is 3. The van der Waals surface area contributed by atoms with Crippen LogP contribution in [0.5, 0.6) is 0 Å². The van der Waals surface area contributed by atoms with Gasteiger partial charge in [0, 0.05) is 47.9 Å². The number of allylic oxidation sites excluding steroid dienone is 2. The summed E-state index contributed by atoms with van der Waals surface area (Å²) in [5.41, 5.74) is 7.01. The van der Waals surface area contributed by atoms with Gasteiger partial charge in [0.05, 0.1) is 16.3 Å². The first-order chi connectivity index (χ1) is 21.2. The number of nitrogens with zero attached hydrogens (tertiary/aromatic N) is 2. The SMILES string of the molecule is C.Cc1ccc(CC=O)cc1.Cc1ccc(NC(=O)/C=C/C2=CCC(c3ccc([N+](=O)[O-])cc3)=N2)cc1C(=O)c1ccccc1. The fourth-order valence-corrected chi connectivity index (χ4v) is 4.37. The number of nitro groups is 1. The molecule has 0 radical (unpaired) electrons. The predicted molar refractivity (Wildman–Crippen MR) is 179 cm³/mol. The molecule has 0 saturated heterocycles. The van der Waals surface area contributed by atoms with Gasteiger partial charge in [-0.05, 0) is 60.9 Å². The highest BCUT2D eigenvalue weighted by molar-refractivity contribution is 6.11. The topological polar surface area (TPSA) is 119 Å². The van der Waals surface area contributed by atoms with Crippen LogP contribution in [-0.2, 0) is 16.0 Å². The molecule has 0 bridgehead atoms. The van der Waals surface area contributed by atoms with Crippen LogP contribution in [0.15, 0.2) is 126 Å². The highest BCUT2D eigenvalue weighted by Crippen LogP contribution is 2.21. The van der Waals surface area contributed by atoms with Gasteiger partial charge in [0.25, 0.3) is 5.69 Å². The van der Waals surface area contributed by atoms with E-state index in [9.17, 15) is 24.5 Å². The molecule has 1 aliphatic heterocycles. The number of amides is 1. The first-order valence-corrected chi connectivity index (χ1v) is 13.9. The molecule has 0 aliphatic carbocycles. The third-order valence-corrected chi connectivity index (χ3v) is 6.81. The number of aryl methyl sites for hydroxylation is 2. The number of non-ortho nitro benzene ring substituents is 1. The Kier molecular flexibility index (Phi) is 12.1. The molecule has 1 amide bonds. The summed E-state index contributed by atoms with van der Waals surface area (Å²) in [6.07, 6.45) is 6.89. The maximum absolute atomic E-state index is 12.8. The number of anilines is 1. The zero-order valence-electron chi connectivity index (χ0n) is 24.4. The minimum absolute atomic E-state index is 0. The largest absolute Gasteiger partial charge is 0.322 e. The number of ketones is 1. The Hall–Kier alpha value is -5.76. The van der Waals surface area contributed by atoms with Gasteiger partial charge in [0.1, 0.15) is 6.29 Å². The van der Waals surface area contributed by atoms with E-state index in [0.29, 0.717) is 35.4 Å². The lowest BCUT2D eigenvalue weighted by Gasteiger charge is -2.09. The highest BCUT2D eigenvalue weighted by Gasteiger charge is 2.14. The average Bonchev–Trinajstić information content (AvgIpc) is 3.52. The maximum Gasteiger partial charge on any atom is 0.269 e. The summed E-state index contributed by atoms with van der Waals surface area (Å²) >= 11 is 0. The molecule has 5 rings (SSSR count). The van der Waals surface area contributed by atoms with E-state index in [2.05, 4.69) is 10.3 Å². The average molecular weight is 602 g/mol. The van der Waals surface area contributed by atoms with Crippen LogP contribution in [0.1, 0.15) is 52.0 Å². The summed E-state index contributed by atoms with van der Waals surface area (Å²) in [5, 5.41) is 13.6. The van der Waals surface area contributed by atoms with Crippen molar-refractivity contribution in [2.24, 2.45) is 4.99 Å². The third-order valence-electron chi connectivity index (χ3n) is 6.81. The van der Waals surface area contributed by atoms with Gasteiger partial charge in [0.2, 0.25) is 5.91 Å². The summed E-state index contributed by atoms with van der Waals surface area (Å²) in [5.74, 6) is -0.448. The van der Waals surface area contributed by atoms with Gasteiger partial charge in [0.15, 0.2) is 5.78 Å². The van der Waals surface area contributed by atoms with Crippen LogP contribution in [0.4, 0.5) is 11.4 Å². The standard InChI is InChI=1S/C27H21N3O4.C9H10O.CH4/c1-18-7-10-22(17-24(18)27(32)20-5-3-2-4-6-20)29-26(31)16-12-21-11-15-25(28-21)19-8-13-23(14-9-19)30(33)34;1-8-2-4-9(5-3-8)6-7-10;/h2-14,16-17H,15H2,1H3,(H,29,31);2-5,7H,6H2,1H3;1H4/b16-12+;;. The van der Waals surface area contributed by atoms with Crippen LogP contribution in [0.25, 0.3) is 0 Å². The van der Waals surface area contributed by atoms with Gasteiger partial charge in [-0.2, -0.15) is 0 Å². The van der Waals surface area contributed by atoms with E-state index in [0.717, 1.165) is 28.7 Å². The molecule has 0 fully saturated rings. The van der Waals surface area contributed by atoms with E-state index in [1.54, 1.807) is 48.5 Å². The highest BCUT2D eigenvalue weighted by atomic mass is 16.6. The van der Waals surface area contributed by atoms with Crippen LogP contribution in [-0.4, -0.2) is 28.6 Å². The quantitative estimate of drug-likeness (QED) is 0.0691. The third kappa shape index (κ3) is 9.62. The van der Waals surface area contributed by atoms with Crippen molar-refractivity contribution >= 4 is 35.1 Å². The van der Waals surface area contributed by atoms with E-state index >= 15 is 0 Å². The first kappa shape index (κ1) is 33.7. The number of nitro benzene ring substituents is 1. The van der Waals surface area contributed by atoms with Crippen LogP contribution < -0.4 is 5.32 Å². The van der Waals surface area contributed by atoms with Crippen molar-refractivity contribution in [1.29, 1.82) is 0 Å². The molecule has 0 aromatic heterocycles. The molecule has 45 heavy (non-hydrogen) atoms. The molecular weight excluding hydrogens is 566 g/mol. The second-order valence-corrected chi connectivity index (χ2v) is 10.1. The van der Waals surface area contributed by atoms with Crippen molar-refractivity contribution in [3.05, 3.63) is 164 Å². The summed E-state index contributed by atoms with van der Waals surface area (Å²) in [6, 6.07) is 28.4. The Labute approximate surface area is 263 Å². The van der Waals surface area contributed by atoms with E-state index < -0.39 is 4.92 Å². The van der Waals surface area contributed by atoms with Crippen LogP contribution in [0.2, 0.25) is 0 Å². The first-order valence-electron chi connectivity index (χ1n) is 13.9. The second kappa shape index (κ2) is 16.2. The number of hydrogen-bond donors (Lipinski definition) is 1. The molecular formula is C37H35N3O5. The van der Waals surface area contributed by atoms with Gasteiger partial charge >= 0.3 is 0 Å². The molecule has 1 N–H and O–H groups in total. The zero-order valence-corrected chi connectivity index (χ0v) is 24.4. The lowest BCUT2D eigenvalue weighted by atomic mass is 9.98. The predicted octanol–water partition coefficient (Wildman–Crippen LogP) is 7.78. The van der Waals surface area contributed by atoms with Gasteiger partial charge < -0.3 is 10.1 Å². The van der Waals surface area contributed by atoms with Crippen LogP contribution in [0.3, 0.4) is 0 Å². The van der Waals surface area contributed by atoms with E-state index in [1.807, 2.05) is 62.4 Å². The number of aliphatic imine (C=N–C) groups is 1. The number of aldehydes is 1. The van der Waals surface area contributed by atoms with Gasteiger partial charge in [-0.25, -0.2) is 0 Å². The summed E-state index contributed by atoms with van der Waals surface area (Å²) < 4.78 is 0. The van der Waals surface area contributed by atoms with Crippen LogP contribution >= 0.6 is 0 Å². The Balaban J connectivity index is 0.000000429. The molecule has 8 heteroatoms. The lowest BCUT2D eigenvalue weighted by molar-refractivity contribution is -0.384. The zero-order chi connectivity index (χ0) is 31.5. The number of carbonyl (C=O) groups is 3. The van der Waals surface area contributed by atoms with Gasteiger partial charge in [-0.1, -0.05) is 79.7 Å². The van der Waals surface area contributed by atoms with Crippen molar-refractivity contribution in [2.45, 2.75) is 34.1 Å². The Morgan fingerprint density at radius 3 is 2.27 bits per heavy atom. The van der Waals surface area contributed by atoms with Gasteiger partial charge in [-0.3, -0.25) is 24.7 Å². The number of rotatable bonds is 9. The molecule has 0 unspecified atom stereocenters. The lowest BCUT2D eigenvalue weighted by Crippen LogP contribution is -2.10. The number of nitrogens with one attached hydrogen (secondary N) is 1. The molecule has 4 aromatic rings. The minimum Gasteiger partial charge on any atom is -0.322 e. The van der Waals surface area contributed by atoms with E-state index in [1.165, 1.54) is 23.8 Å². The van der Waals surface area contributed by atoms with Gasteiger partial charge in [-0.15, -0.1) is 0 Å². The molecule has 4 aromatic carbocycles. The monoisotopic (exact) mass is 601 g/mol. The van der Waals surface area contributed by atoms with Crippen molar-refractivity contribution in [3.63, 3.8) is 0 Å². The second-order valence-electron chi connectivity index (χ2n) is 10.1. The van der Waals surface area contributed by atoms with Crippen molar-refractivity contribution < 1.29 is 19.3 Å². The Morgan fingerprint density at radius 2 is 1.62 bits per heavy atom. The Bertz CT molecular complexity index is 1750. The molecule has 8 nitrogen and oxygen atoms in total. The Morgan fingerprint density at radius 1 is 0.933 bits per heavy atom. The van der Waals surface area contributed by atoms with Crippen LogP contribution in [0, 0.1) is 24.0 Å². The molecule has 0 spiro atoms. The maximum atomic E-state index is 12.8. The molecule has 0 atom stereocenters.